The minimum Gasteiger partial charge on any atom is -0.496 e. The molecule has 0 fully saturated rings. The fourth-order valence-corrected chi connectivity index (χ4v) is 1.96. The van der Waals surface area contributed by atoms with Crippen LogP contribution in [0.15, 0.2) is 58.5 Å². The van der Waals surface area contributed by atoms with Gasteiger partial charge in [0.25, 0.3) is 0 Å². The van der Waals surface area contributed by atoms with Crippen LogP contribution in [0.2, 0.25) is 0 Å². The number of methoxy groups -OCH3 is 1. The average Bonchev–Trinajstić information content (AvgIpc) is 2.99. The highest BCUT2D eigenvalue weighted by Gasteiger charge is 2.08. The molecule has 0 spiro atoms. The van der Waals surface area contributed by atoms with E-state index in [1.165, 1.54) is 0 Å². The van der Waals surface area contributed by atoms with Crippen LogP contribution in [0.4, 0.5) is 0 Å². The zero-order valence-electron chi connectivity index (χ0n) is 11.9. The molecule has 0 radical (unpaired) electrons. The topological polar surface area (TPSA) is 72.2 Å². The zero-order chi connectivity index (χ0) is 15.9. The van der Waals surface area contributed by atoms with Crippen LogP contribution in [0.3, 0.4) is 0 Å². The normalized spacial score (nSPS) is 11.4. The summed E-state index contributed by atoms with van der Waals surface area (Å²) < 4.78 is 11.1. The number of furan rings is 1. The predicted molar refractivity (Wildman–Crippen MR) is 90.2 cm³/mol. The van der Waals surface area contributed by atoms with Gasteiger partial charge in [-0.3, -0.25) is 0 Å². The molecule has 0 aliphatic heterocycles. The van der Waals surface area contributed by atoms with Gasteiger partial charge in [0.05, 0.1) is 18.2 Å². The summed E-state index contributed by atoms with van der Waals surface area (Å²) in [6.45, 7) is 0. The number of para-hydroxylation sites is 1. The molecule has 4 nitrogen and oxygen atoms in total. The molecule has 1 heterocycles. The molecule has 0 bridgehead atoms. The van der Waals surface area contributed by atoms with Crippen LogP contribution in [0.25, 0.3) is 17.4 Å². The number of hydrogen-bond donors (Lipinski definition) is 1. The van der Waals surface area contributed by atoms with E-state index in [1.807, 2.05) is 42.5 Å². The molecular weight excluding hydrogens is 296 g/mol. The first-order valence-corrected chi connectivity index (χ1v) is 6.88. The largest absolute Gasteiger partial charge is 0.496 e. The summed E-state index contributed by atoms with van der Waals surface area (Å²) in [5.74, 6) is 2.10. The van der Waals surface area contributed by atoms with E-state index in [1.54, 1.807) is 25.3 Å². The Bertz CT molecular complexity index is 782. The minimum absolute atomic E-state index is 0.0707. The lowest BCUT2D eigenvalue weighted by Gasteiger charge is -2.04. The molecule has 0 aliphatic rings. The number of nitrogens with two attached hydrogens (primary N) is 1. The van der Waals surface area contributed by atoms with Gasteiger partial charge in [0, 0.05) is 0 Å². The number of hydrogen-bond acceptors (Lipinski definition) is 4. The lowest BCUT2D eigenvalue weighted by Crippen LogP contribution is -2.09. The van der Waals surface area contributed by atoms with E-state index in [-0.39, 0.29) is 10.6 Å². The van der Waals surface area contributed by atoms with Gasteiger partial charge < -0.3 is 14.9 Å². The summed E-state index contributed by atoms with van der Waals surface area (Å²) in [4.78, 5) is 0.0707. The molecule has 0 saturated heterocycles. The van der Waals surface area contributed by atoms with Gasteiger partial charge in [-0.15, -0.1) is 0 Å². The first-order valence-electron chi connectivity index (χ1n) is 6.47. The fraction of sp³-hybridized carbons (Fsp3) is 0.0588. The first kappa shape index (κ1) is 15.5. The highest BCUT2D eigenvalue weighted by Crippen LogP contribution is 2.31. The summed E-state index contributed by atoms with van der Waals surface area (Å²) in [5, 5.41) is 8.85. The van der Waals surface area contributed by atoms with Gasteiger partial charge in [-0.1, -0.05) is 30.4 Å². The van der Waals surface area contributed by atoms with Crippen molar-refractivity contribution in [2.75, 3.05) is 7.11 Å². The van der Waals surface area contributed by atoms with Crippen molar-refractivity contribution >= 4 is 23.3 Å². The van der Waals surface area contributed by atoms with Crippen LogP contribution < -0.4 is 10.5 Å². The van der Waals surface area contributed by atoms with Gasteiger partial charge in [0.1, 0.15) is 28.3 Å². The summed E-state index contributed by atoms with van der Waals surface area (Å²) >= 11 is 4.76. The van der Waals surface area contributed by atoms with Crippen LogP contribution in [0.5, 0.6) is 5.75 Å². The third-order valence-electron chi connectivity index (χ3n) is 2.91. The number of ether oxygens (including phenoxy) is 1. The molecule has 0 aliphatic carbocycles. The molecular formula is C17H14N2O2S. The molecule has 2 aromatic rings. The second-order valence-electron chi connectivity index (χ2n) is 4.32. The predicted octanol–water partition coefficient (Wildman–Crippen LogP) is 3.70. The Balaban J connectivity index is 2.22. The molecule has 22 heavy (non-hydrogen) atoms. The molecule has 1 aromatic heterocycles. The molecule has 0 saturated carbocycles. The van der Waals surface area contributed by atoms with Crippen molar-refractivity contribution in [1.82, 2.24) is 0 Å². The van der Waals surface area contributed by atoms with Gasteiger partial charge in [-0.2, -0.15) is 5.26 Å². The van der Waals surface area contributed by atoms with Crippen molar-refractivity contribution in [2.45, 2.75) is 0 Å². The smallest absolute Gasteiger partial charge is 0.138 e. The van der Waals surface area contributed by atoms with E-state index in [4.69, 9.17) is 32.4 Å². The van der Waals surface area contributed by atoms with Crippen molar-refractivity contribution in [2.24, 2.45) is 5.73 Å². The number of thiocarbonyl (C=S) groups is 1. The number of nitrogens with zero attached hydrogens (tertiary/aromatic N) is 1. The van der Waals surface area contributed by atoms with E-state index in [2.05, 4.69) is 0 Å². The second-order valence-corrected chi connectivity index (χ2v) is 4.76. The maximum Gasteiger partial charge on any atom is 0.138 e. The quantitative estimate of drug-likeness (QED) is 0.394. The lowest BCUT2D eigenvalue weighted by atomic mass is 10.1. The van der Waals surface area contributed by atoms with Crippen LogP contribution in [0, 0.1) is 11.3 Å². The Morgan fingerprint density at radius 1 is 1.32 bits per heavy atom. The first-order chi connectivity index (χ1) is 10.7. The summed E-state index contributed by atoms with van der Waals surface area (Å²) in [6, 6.07) is 13.2. The molecule has 0 amide bonds. The number of rotatable bonds is 5. The Morgan fingerprint density at radius 3 is 2.77 bits per heavy atom. The highest BCUT2D eigenvalue weighted by molar-refractivity contribution is 7.80. The van der Waals surface area contributed by atoms with Gasteiger partial charge in [-0.25, -0.2) is 0 Å². The fourth-order valence-electron chi connectivity index (χ4n) is 1.85. The van der Waals surface area contributed by atoms with Crippen LogP contribution >= 0.6 is 12.2 Å². The standard InChI is InChI=1S/C17H14N2O2S/c1-20-15-8-3-2-7-14(15)16-10-9-13(21-16)6-4-5-12(11-18)17(19)22/h2-10H,1H3,(H2,19,22)/b6-4+,12-5-. The van der Waals surface area contributed by atoms with Crippen molar-refractivity contribution in [3.05, 3.63) is 59.9 Å². The van der Waals surface area contributed by atoms with Gasteiger partial charge in [0.2, 0.25) is 0 Å². The maximum atomic E-state index is 8.85. The highest BCUT2D eigenvalue weighted by atomic mass is 32.1. The number of allylic oxidation sites excluding steroid dienone is 2. The Morgan fingerprint density at radius 2 is 2.09 bits per heavy atom. The number of nitriles is 1. The maximum absolute atomic E-state index is 8.85. The Hall–Kier alpha value is -2.84. The third-order valence-corrected chi connectivity index (χ3v) is 3.13. The van der Waals surface area contributed by atoms with Gasteiger partial charge in [-0.05, 0) is 36.4 Å². The molecule has 2 rings (SSSR count). The third kappa shape index (κ3) is 3.62. The Kier molecular flexibility index (Phi) is 5.12. The molecule has 2 N–H and O–H groups in total. The van der Waals surface area contributed by atoms with Crippen LogP contribution in [-0.4, -0.2) is 12.1 Å². The molecule has 1 aromatic carbocycles. The molecule has 0 unspecified atom stereocenters. The van der Waals surface area contributed by atoms with Crippen molar-refractivity contribution in [3.63, 3.8) is 0 Å². The van der Waals surface area contributed by atoms with Crippen molar-refractivity contribution in [1.29, 1.82) is 5.26 Å². The Labute approximate surface area is 134 Å². The van der Waals surface area contributed by atoms with Crippen LogP contribution in [-0.2, 0) is 0 Å². The number of benzene rings is 1. The zero-order valence-corrected chi connectivity index (χ0v) is 12.8. The molecule has 0 atom stereocenters. The lowest BCUT2D eigenvalue weighted by molar-refractivity contribution is 0.414. The molecule has 5 heteroatoms. The SMILES string of the molecule is COc1ccccc1-c1ccc(/C=C/C=C(/C#N)C(N)=S)o1. The van der Waals surface area contributed by atoms with Crippen LogP contribution in [0.1, 0.15) is 5.76 Å². The minimum atomic E-state index is 0.0707. The summed E-state index contributed by atoms with van der Waals surface area (Å²) in [5.41, 5.74) is 6.54. The van der Waals surface area contributed by atoms with E-state index in [9.17, 15) is 0 Å². The van der Waals surface area contributed by atoms with Crippen molar-refractivity contribution < 1.29 is 9.15 Å². The van der Waals surface area contributed by atoms with Crippen molar-refractivity contribution in [3.8, 4) is 23.1 Å². The monoisotopic (exact) mass is 310 g/mol. The summed E-state index contributed by atoms with van der Waals surface area (Å²) in [7, 11) is 1.62. The van der Waals surface area contributed by atoms with Gasteiger partial charge >= 0.3 is 0 Å². The average molecular weight is 310 g/mol. The van der Waals surface area contributed by atoms with E-state index >= 15 is 0 Å². The molecule has 110 valence electrons. The van der Waals surface area contributed by atoms with E-state index in [0.717, 1.165) is 11.3 Å². The summed E-state index contributed by atoms with van der Waals surface area (Å²) in [6.07, 6.45) is 4.95. The van der Waals surface area contributed by atoms with E-state index < -0.39 is 0 Å². The van der Waals surface area contributed by atoms with E-state index in [0.29, 0.717) is 11.5 Å². The second kappa shape index (κ2) is 7.25. The van der Waals surface area contributed by atoms with Gasteiger partial charge in [0.15, 0.2) is 0 Å².